The van der Waals surface area contributed by atoms with Crippen LogP contribution in [0.25, 0.3) is 0 Å². The van der Waals surface area contributed by atoms with E-state index in [4.69, 9.17) is 5.73 Å². The Hall–Kier alpha value is -3.00. The molecule has 0 unspecified atom stereocenters. The van der Waals surface area contributed by atoms with Gasteiger partial charge in [0, 0.05) is 19.2 Å². The molecule has 2 rings (SSSR count). The molecule has 0 saturated heterocycles. The van der Waals surface area contributed by atoms with E-state index in [-0.39, 0.29) is 31.1 Å². The summed E-state index contributed by atoms with van der Waals surface area (Å²) in [5, 5.41) is 15.4. The van der Waals surface area contributed by atoms with E-state index in [0.29, 0.717) is 11.4 Å². The molecule has 0 bridgehead atoms. The highest BCUT2D eigenvalue weighted by atomic mass is 19.1. The third-order valence-corrected chi connectivity index (χ3v) is 4.30. The van der Waals surface area contributed by atoms with Gasteiger partial charge in [0.1, 0.15) is 23.8 Å². The van der Waals surface area contributed by atoms with Crippen LogP contribution >= 0.6 is 0 Å². The van der Waals surface area contributed by atoms with Crippen molar-refractivity contribution in [2.24, 2.45) is 5.92 Å². The van der Waals surface area contributed by atoms with Crippen molar-refractivity contribution in [1.82, 2.24) is 15.6 Å². The molecule has 156 valence electrons. The molecule has 2 aromatic rings. The van der Waals surface area contributed by atoms with E-state index >= 15 is 0 Å². The van der Waals surface area contributed by atoms with Gasteiger partial charge in [-0.15, -0.1) is 0 Å². The smallest absolute Gasteiger partial charge is 0.249 e. The fraction of sp³-hybridized carbons (Fsp3) is 0.381. The Balaban J connectivity index is 2.07. The minimum absolute atomic E-state index is 0.123. The average molecular weight is 402 g/mol. The first-order valence-corrected chi connectivity index (χ1v) is 9.45. The van der Waals surface area contributed by atoms with Crippen LogP contribution in [0.2, 0.25) is 0 Å². The van der Waals surface area contributed by atoms with Gasteiger partial charge in [0.25, 0.3) is 0 Å². The quantitative estimate of drug-likeness (QED) is 0.508. The number of carbonyl (C=O) groups excluding carboxylic acids is 2. The number of nitrogens with two attached hydrogens (primary N) is 1. The number of aromatic nitrogens is 1. The standard InChI is InChI=1S/C21H27FN4O3/c1-13(2)9-18(27)21(29)26-17(10-14-3-6-16(22)7-4-14)20(28)25-12-15-5-8-19(23)24-11-15/h3-8,11,13,17-18,27H,9-10,12H2,1-2H3,(H2,23,24)(H,25,28)(H,26,29)/t17-,18+/m0/s1. The van der Waals surface area contributed by atoms with Crippen LogP contribution in [-0.2, 0) is 22.6 Å². The highest BCUT2D eigenvalue weighted by Gasteiger charge is 2.25. The molecule has 5 N–H and O–H groups in total. The van der Waals surface area contributed by atoms with Crippen molar-refractivity contribution in [1.29, 1.82) is 0 Å². The highest BCUT2D eigenvalue weighted by Crippen LogP contribution is 2.09. The average Bonchev–Trinajstić information content (AvgIpc) is 2.67. The summed E-state index contributed by atoms with van der Waals surface area (Å²) in [6, 6.07) is 8.13. The number of carbonyl (C=O) groups is 2. The molecule has 29 heavy (non-hydrogen) atoms. The molecule has 1 aromatic heterocycles. The number of nitrogen functional groups attached to an aromatic ring is 1. The lowest BCUT2D eigenvalue weighted by Gasteiger charge is -2.21. The van der Waals surface area contributed by atoms with E-state index < -0.39 is 24.0 Å². The Labute approximate surface area is 169 Å². The summed E-state index contributed by atoms with van der Waals surface area (Å²) in [6.45, 7) is 3.98. The molecule has 1 aromatic carbocycles. The van der Waals surface area contributed by atoms with Gasteiger partial charge < -0.3 is 21.5 Å². The molecule has 2 amide bonds. The zero-order chi connectivity index (χ0) is 21.4. The molecule has 2 atom stereocenters. The Kier molecular flexibility index (Phi) is 8.09. The highest BCUT2D eigenvalue weighted by molar-refractivity contribution is 5.89. The molecule has 0 spiro atoms. The lowest BCUT2D eigenvalue weighted by atomic mass is 10.0. The van der Waals surface area contributed by atoms with Crippen molar-refractivity contribution in [2.75, 3.05) is 5.73 Å². The van der Waals surface area contributed by atoms with Crippen LogP contribution in [0, 0.1) is 11.7 Å². The maximum atomic E-state index is 13.2. The summed E-state index contributed by atoms with van der Waals surface area (Å²) in [7, 11) is 0. The summed E-state index contributed by atoms with van der Waals surface area (Å²) >= 11 is 0. The van der Waals surface area contributed by atoms with Crippen molar-refractivity contribution < 1.29 is 19.1 Å². The van der Waals surface area contributed by atoms with Gasteiger partial charge in [-0.3, -0.25) is 9.59 Å². The molecular formula is C21H27FN4O3. The third kappa shape index (κ3) is 7.50. The number of hydrogen-bond acceptors (Lipinski definition) is 5. The molecule has 8 heteroatoms. The van der Waals surface area contributed by atoms with Crippen molar-refractivity contribution in [2.45, 2.75) is 45.4 Å². The maximum absolute atomic E-state index is 13.2. The number of pyridine rings is 1. The molecule has 0 saturated carbocycles. The van der Waals surface area contributed by atoms with E-state index in [1.165, 1.54) is 12.1 Å². The second-order valence-corrected chi connectivity index (χ2v) is 7.35. The fourth-order valence-corrected chi connectivity index (χ4v) is 2.74. The van der Waals surface area contributed by atoms with E-state index in [2.05, 4.69) is 15.6 Å². The Morgan fingerprint density at radius 1 is 1.10 bits per heavy atom. The summed E-state index contributed by atoms with van der Waals surface area (Å²) in [5.41, 5.74) is 6.98. The van der Waals surface area contributed by atoms with Crippen LogP contribution in [0.15, 0.2) is 42.6 Å². The van der Waals surface area contributed by atoms with E-state index in [9.17, 15) is 19.1 Å². The summed E-state index contributed by atoms with van der Waals surface area (Å²) < 4.78 is 13.2. The Morgan fingerprint density at radius 3 is 2.34 bits per heavy atom. The SMILES string of the molecule is CC(C)C[C@@H](O)C(=O)N[C@@H](Cc1ccc(F)cc1)C(=O)NCc1ccc(N)nc1. The van der Waals surface area contributed by atoms with Crippen LogP contribution in [0.1, 0.15) is 31.4 Å². The first kappa shape index (κ1) is 22.3. The van der Waals surface area contributed by atoms with Gasteiger partial charge >= 0.3 is 0 Å². The predicted molar refractivity (Wildman–Crippen MR) is 108 cm³/mol. The predicted octanol–water partition coefficient (Wildman–Crippen LogP) is 1.55. The largest absolute Gasteiger partial charge is 0.384 e. The van der Waals surface area contributed by atoms with Gasteiger partial charge in [-0.1, -0.05) is 32.0 Å². The Bertz CT molecular complexity index is 810. The molecule has 7 nitrogen and oxygen atoms in total. The number of amides is 2. The molecular weight excluding hydrogens is 375 g/mol. The van der Waals surface area contributed by atoms with Gasteiger partial charge in [0.2, 0.25) is 11.8 Å². The second kappa shape index (κ2) is 10.5. The maximum Gasteiger partial charge on any atom is 0.249 e. The summed E-state index contributed by atoms with van der Waals surface area (Å²) in [5.74, 6) is -0.924. The number of hydrogen-bond donors (Lipinski definition) is 4. The van der Waals surface area contributed by atoms with Crippen molar-refractivity contribution in [3.63, 3.8) is 0 Å². The van der Waals surface area contributed by atoms with Gasteiger partial charge in [-0.2, -0.15) is 0 Å². The topological polar surface area (TPSA) is 117 Å². The van der Waals surface area contributed by atoms with E-state index in [1.807, 2.05) is 13.8 Å². The van der Waals surface area contributed by atoms with E-state index in [1.54, 1.807) is 30.5 Å². The third-order valence-electron chi connectivity index (χ3n) is 4.30. The zero-order valence-corrected chi connectivity index (χ0v) is 16.6. The number of aliphatic hydroxyl groups excluding tert-OH is 1. The number of aliphatic hydroxyl groups is 1. The van der Waals surface area contributed by atoms with Gasteiger partial charge in [0.05, 0.1) is 0 Å². The summed E-state index contributed by atoms with van der Waals surface area (Å²) in [6.07, 6.45) is 0.787. The number of rotatable bonds is 9. The summed E-state index contributed by atoms with van der Waals surface area (Å²) in [4.78, 5) is 29.0. The lowest BCUT2D eigenvalue weighted by Crippen LogP contribution is -2.50. The number of nitrogens with zero attached hydrogens (tertiary/aromatic N) is 1. The minimum atomic E-state index is -1.21. The molecule has 0 aliphatic rings. The Morgan fingerprint density at radius 2 is 1.76 bits per heavy atom. The molecule has 0 aliphatic heterocycles. The van der Waals surface area contributed by atoms with Crippen molar-refractivity contribution in [3.8, 4) is 0 Å². The van der Waals surface area contributed by atoms with Crippen molar-refractivity contribution >= 4 is 17.6 Å². The number of halogens is 1. The van der Waals surface area contributed by atoms with Crippen LogP contribution in [-0.4, -0.2) is 34.1 Å². The number of benzene rings is 1. The first-order chi connectivity index (χ1) is 13.7. The van der Waals surface area contributed by atoms with E-state index in [0.717, 1.165) is 5.56 Å². The van der Waals surface area contributed by atoms with Crippen LogP contribution in [0.3, 0.4) is 0 Å². The number of nitrogens with one attached hydrogen (secondary N) is 2. The first-order valence-electron chi connectivity index (χ1n) is 9.45. The molecule has 0 fully saturated rings. The fourth-order valence-electron chi connectivity index (χ4n) is 2.74. The van der Waals surface area contributed by atoms with Crippen molar-refractivity contribution in [3.05, 3.63) is 59.5 Å². The molecule has 1 heterocycles. The molecule has 0 radical (unpaired) electrons. The van der Waals surface area contributed by atoms with Gasteiger partial charge in [0.15, 0.2) is 0 Å². The zero-order valence-electron chi connectivity index (χ0n) is 16.6. The monoisotopic (exact) mass is 402 g/mol. The normalized spacial score (nSPS) is 13.0. The van der Waals surface area contributed by atoms with Crippen LogP contribution in [0.4, 0.5) is 10.2 Å². The minimum Gasteiger partial charge on any atom is -0.384 e. The van der Waals surface area contributed by atoms with Crippen LogP contribution < -0.4 is 16.4 Å². The van der Waals surface area contributed by atoms with Gasteiger partial charge in [-0.25, -0.2) is 9.37 Å². The lowest BCUT2D eigenvalue weighted by molar-refractivity contribution is -0.134. The van der Waals surface area contributed by atoms with Crippen LogP contribution in [0.5, 0.6) is 0 Å². The number of anilines is 1. The second-order valence-electron chi connectivity index (χ2n) is 7.35. The van der Waals surface area contributed by atoms with Gasteiger partial charge in [-0.05, 0) is 41.7 Å². The molecule has 0 aliphatic carbocycles.